The maximum atomic E-state index is 13.1. The molecular weight excluding hydrogens is 524 g/mol. The normalized spacial score (nSPS) is 12.0. The smallest absolute Gasteiger partial charge is 0.274 e. The molecule has 0 saturated heterocycles. The van der Waals surface area contributed by atoms with Crippen LogP contribution in [0.2, 0.25) is 5.02 Å². The van der Waals surface area contributed by atoms with Crippen LogP contribution < -0.4 is 19.6 Å². The highest BCUT2D eigenvalue weighted by Crippen LogP contribution is 2.35. The summed E-state index contributed by atoms with van der Waals surface area (Å²) in [5, 5.41) is 0.651. The molecule has 0 amide bonds. The number of hydrogen-bond acceptors (Lipinski definition) is 5. The minimum Gasteiger partial charge on any atom is -0.490 e. The number of thiazole rings is 1. The SMILES string of the molecule is CCOc1cc(C=c2sc3nc4ccccc4n3c2=O)c(Br)cc1OCc1ccccc1Cl. The van der Waals surface area contributed by atoms with Crippen molar-refractivity contribution in [2.45, 2.75) is 13.5 Å². The van der Waals surface area contributed by atoms with E-state index in [2.05, 4.69) is 20.9 Å². The van der Waals surface area contributed by atoms with Crippen molar-refractivity contribution in [3.8, 4) is 11.5 Å². The van der Waals surface area contributed by atoms with E-state index in [9.17, 15) is 4.79 Å². The van der Waals surface area contributed by atoms with E-state index in [1.54, 1.807) is 4.40 Å². The summed E-state index contributed by atoms with van der Waals surface area (Å²) in [6, 6.07) is 18.9. The number of aromatic nitrogens is 2. The third kappa shape index (κ3) is 4.24. The van der Waals surface area contributed by atoms with Crippen LogP contribution in [0.3, 0.4) is 0 Å². The van der Waals surface area contributed by atoms with Gasteiger partial charge in [-0.2, -0.15) is 0 Å². The van der Waals surface area contributed by atoms with Gasteiger partial charge in [-0.15, -0.1) is 0 Å². The number of imidazole rings is 1. The van der Waals surface area contributed by atoms with Crippen LogP contribution >= 0.6 is 38.9 Å². The van der Waals surface area contributed by atoms with Gasteiger partial charge in [0.15, 0.2) is 16.5 Å². The molecule has 0 aliphatic heterocycles. The van der Waals surface area contributed by atoms with Crippen LogP contribution in [0.4, 0.5) is 0 Å². The van der Waals surface area contributed by atoms with Gasteiger partial charge in [-0.05, 0) is 48.9 Å². The molecule has 0 aliphatic carbocycles. The Morgan fingerprint density at radius 1 is 1.09 bits per heavy atom. The Bertz CT molecular complexity index is 1600. The first-order valence-corrected chi connectivity index (χ1v) is 12.3. The van der Waals surface area contributed by atoms with Crippen LogP contribution in [-0.4, -0.2) is 16.0 Å². The van der Waals surface area contributed by atoms with Crippen molar-refractivity contribution in [1.82, 2.24) is 9.38 Å². The van der Waals surface area contributed by atoms with Gasteiger partial charge in [-0.3, -0.25) is 4.79 Å². The van der Waals surface area contributed by atoms with E-state index in [0.717, 1.165) is 26.6 Å². The lowest BCUT2D eigenvalue weighted by molar-refractivity contribution is 0.269. The van der Waals surface area contributed by atoms with Crippen LogP contribution in [-0.2, 0) is 6.61 Å². The topological polar surface area (TPSA) is 52.8 Å². The first-order chi connectivity index (χ1) is 16.0. The molecule has 2 aromatic heterocycles. The molecule has 3 aromatic carbocycles. The average Bonchev–Trinajstić information content (AvgIpc) is 3.32. The van der Waals surface area contributed by atoms with Gasteiger partial charge in [0, 0.05) is 15.1 Å². The second-order valence-electron chi connectivity index (χ2n) is 7.27. The molecule has 0 bridgehead atoms. The summed E-state index contributed by atoms with van der Waals surface area (Å²) in [6.45, 7) is 2.71. The number of ether oxygens (including phenoxy) is 2. The summed E-state index contributed by atoms with van der Waals surface area (Å²) in [6.07, 6.45) is 1.85. The molecule has 166 valence electrons. The molecule has 0 unspecified atom stereocenters. The van der Waals surface area contributed by atoms with Crippen molar-refractivity contribution >= 4 is 60.9 Å². The van der Waals surface area contributed by atoms with Crippen LogP contribution in [0.25, 0.3) is 22.1 Å². The molecule has 0 N–H and O–H groups in total. The van der Waals surface area contributed by atoms with Crippen molar-refractivity contribution in [1.29, 1.82) is 0 Å². The molecule has 0 aliphatic rings. The van der Waals surface area contributed by atoms with E-state index in [1.807, 2.05) is 73.7 Å². The highest BCUT2D eigenvalue weighted by atomic mass is 79.9. The molecule has 33 heavy (non-hydrogen) atoms. The lowest BCUT2D eigenvalue weighted by Crippen LogP contribution is -2.22. The lowest BCUT2D eigenvalue weighted by Gasteiger charge is -2.14. The molecule has 0 atom stereocenters. The molecule has 0 spiro atoms. The standard InChI is InChI=1S/C25H18BrClN2O3S/c1-2-31-21-11-16(17(26)13-22(21)32-14-15-7-3-4-8-18(15)27)12-23-24(30)29-20-10-6-5-9-19(20)28-25(29)33-23/h3-13H,2,14H2,1H3. The maximum Gasteiger partial charge on any atom is 0.274 e. The predicted octanol–water partition coefficient (Wildman–Crippen LogP) is 5.85. The second kappa shape index (κ2) is 9.17. The highest BCUT2D eigenvalue weighted by molar-refractivity contribution is 9.10. The minimum atomic E-state index is -0.0902. The number of nitrogens with zero attached hydrogens (tertiary/aromatic N) is 2. The van der Waals surface area contributed by atoms with Crippen molar-refractivity contribution in [2.75, 3.05) is 6.61 Å². The number of hydrogen-bond donors (Lipinski definition) is 0. The molecule has 5 aromatic rings. The van der Waals surface area contributed by atoms with Crippen molar-refractivity contribution in [3.05, 3.63) is 96.2 Å². The van der Waals surface area contributed by atoms with Gasteiger partial charge >= 0.3 is 0 Å². The Kier molecular flexibility index (Phi) is 6.10. The summed E-state index contributed by atoms with van der Waals surface area (Å²) in [5.41, 5.74) is 3.23. The van der Waals surface area contributed by atoms with Crippen molar-refractivity contribution < 1.29 is 9.47 Å². The fourth-order valence-electron chi connectivity index (χ4n) is 3.57. The molecule has 0 saturated carbocycles. The van der Waals surface area contributed by atoms with E-state index in [-0.39, 0.29) is 5.56 Å². The maximum absolute atomic E-state index is 13.1. The molecular formula is C25H18BrClN2O3S. The predicted molar refractivity (Wildman–Crippen MR) is 137 cm³/mol. The number of benzene rings is 3. The summed E-state index contributed by atoms with van der Waals surface area (Å²) in [5.74, 6) is 1.19. The third-order valence-corrected chi connectivity index (χ3v) is 7.16. The Morgan fingerprint density at radius 2 is 1.85 bits per heavy atom. The number of para-hydroxylation sites is 2. The lowest BCUT2D eigenvalue weighted by atomic mass is 10.2. The van der Waals surface area contributed by atoms with Crippen LogP contribution in [0.5, 0.6) is 11.5 Å². The Hall–Kier alpha value is -2.87. The fraction of sp³-hybridized carbons (Fsp3) is 0.120. The van der Waals surface area contributed by atoms with Gasteiger partial charge in [0.1, 0.15) is 6.61 Å². The first-order valence-electron chi connectivity index (χ1n) is 10.3. The Morgan fingerprint density at radius 3 is 2.67 bits per heavy atom. The number of rotatable bonds is 6. The summed E-state index contributed by atoms with van der Waals surface area (Å²) in [7, 11) is 0. The number of fused-ring (bicyclic) bond motifs is 3. The van der Waals surface area contributed by atoms with Gasteiger partial charge in [0.2, 0.25) is 0 Å². The summed E-state index contributed by atoms with van der Waals surface area (Å²) >= 11 is 11.2. The van der Waals surface area contributed by atoms with Crippen molar-refractivity contribution in [2.24, 2.45) is 0 Å². The molecule has 5 rings (SSSR count). The van der Waals surface area contributed by atoms with E-state index in [4.69, 9.17) is 21.1 Å². The molecule has 5 nitrogen and oxygen atoms in total. The quantitative estimate of drug-likeness (QED) is 0.271. The van der Waals surface area contributed by atoms with E-state index >= 15 is 0 Å². The molecule has 0 radical (unpaired) electrons. The Labute approximate surface area is 207 Å². The van der Waals surface area contributed by atoms with Crippen molar-refractivity contribution in [3.63, 3.8) is 0 Å². The zero-order valence-corrected chi connectivity index (χ0v) is 20.7. The van der Waals surface area contributed by atoms with Gasteiger partial charge < -0.3 is 9.47 Å². The first kappa shape index (κ1) is 21.9. The van der Waals surface area contributed by atoms with Gasteiger partial charge in [-0.1, -0.05) is 69.2 Å². The van der Waals surface area contributed by atoms with E-state index in [1.165, 1.54) is 11.3 Å². The second-order valence-corrected chi connectivity index (χ2v) is 9.54. The van der Waals surface area contributed by atoms with E-state index < -0.39 is 0 Å². The van der Waals surface area contributed by atoms with Gasteiger partial charge in [0.25, 0.3) is 5.56 Å². The zero-order valence-electron chi connectivity index (χ0n) is 17.5. The van der Waals surface area contributed by atoms with Crippen LogP contribution in [0.1, 0.15) is 18.1 Å². The monoisotopic (exact) mass is 540 g/mol. The van der Waals surface area contributed by atoms with Crippen LogP contribution in [0, 0.1) is 0 Å². The molecule has 2 heterocycles. The number of halogens is 2. The Balaban J connectivity index is 1.54. The largest absolute Gasteiger partial charge is 0.490 e. The highest BCUT2D eigenvalue weighted by Gasteiger charge is 2.14. The fourth-order valence-corrected chi connectivity index (χ4v) is 5.17. The minimum absolute atomic E-state index is 0.0902. The van der Waals surface area contributed by atoms with E-state index in [0.29, 0.717) is 39.2 Å². The summed E-state index contributed by atoms with van der Waals surface area (Å²) in [4.78, 5) is 18.4. The van der Waals surface area contributed by atoms with Gasteiger partial charge in [0.05, 0.1) is 22.2 Å². The summed E-state index contributed by atoms with van der Waals surface area (Å²) < 4.78 is 14.9. The van der Waals surface area contributed by atoms with Gasteiger partial charge in [-0.25, -0.2) is 9.38 Å². The molecule has 8 heteroatoms. The third-order valence-electron chi connectivity index (χ3n) is 5.14. The average molecular weight is 542 g/mol. The molecule has 0 fully saturated rings. The van der Waals surface area contributed by atoms with Crippen LogP contribution in [0.15, 0.2) is 69.9 Å². The zero-order chi connectivity index (χ0) is 22.9.